The molecule has 116 valence electrons. The van der Waals surface area contributed by atoms with Gasteiger partial charge in [0.25, 0.3) is 0 Å². The molecule has 0 bridgehead atoms. The highest BCUT2D eigenvalue weighted by Crippen LogP contribution is 2.28. The van der Waals surface area contributed by atoms with Crippen molar-refractivity contribution in [3.05, 3.63) is 11.6 Å². The number of aryl methyl sites for hydroxylation is 1. The number of guanidine groups is 1. The molecule has 0 amide bonds. The van der Waals surface area contributed by atoms with Crippen LogP contribution in [0.1, 0.15) is 51.2 Å². The Hall–Kier alpha value is -1.59. The maximum atomic E-state index is 4.68. The van der Waals surface area contributed by atoms with Crippen LogP contribution in [0.2, 0.25) is 0 Å². The van der Waals surface area contributed by atoms with E-state index in [0.717, 1.165) is 43.0 Å². The summed E-state index contributed by atoms with van der Waals surface area (Å²) in [5.41, 5.74) is 0. The molecule has 2 unspecified atom stereocenters. The minimum Gasteiger partial charge on any atom is -0.357 e. The van der Waals surface area contributed by atoms with Crippen LogP contribution in [-0.2, 0) is 19.5 Å². The van der Waals surface area contributed by atoms with E-state index in [2.05, 4.69) is 44.2 Å². The van der Waals surface area contributed by atoms with E-state index >= 15 is 0 Å². The van der Waals surface area contributed by atoms with E-state index in [1.165, 1.54) is 25.7 Å². The average Bonchev–Trinajstić information content (AvgIpc) is 3.11. The highest BCUT2D eigenvalue weighted by Gasteiger charge is 2.33. The Morgan fingerprint density at radius 1 is 1.33 bits per heavy atom. The summed E-state index contributed by atoms with van der Waals surface area (Å²) < 4.78 is 2.26. The van der Waals surface area contributed by atoms with Crippen LogP contribution in [0, 0.1) is 5.92 Å². The average molecular weight is 290 g/mol. The molecule has 0 aromatic carbocycles. The van der Waals surface area contributed by atoms with Gasteiger partial charge in [-0.25, -0.2) is 4.99 Å². The lowest BCUT2D eigenvalue weighted by molar-refractivity contribution is 0.605. The predicted molar refractivity (Wildman–Crippen MR) is 83.1 cm³/mol. The van der Waals surface area contributed by atoms with Gasteiger partial charge in [0.05, 0.1) is 0 Å². The van der Waals surface area contributed by atoms with Gasteiger partial charge in [0, 0.05) is 25.6 Å². The van der Waals surface area contributed by atoms with Crippen molar-refractivity contribution in [3.63, 3.8) is 0 Å². The number of aromatic nitrogens is 3. The summed E-state index contributed by atoms with van der Waals surface area (Å²) in [4.78, 5) is 4.68. The predicted octanol–water partition coefficient (Wildman–Crippen LogP) is 1.47. The molecule has 6 heteroatoms. The fourth-order valence-electron chi connectivity index (χ4n) is 2.83. The third kappa shape index (κ3) is 3.54. The molecule has 1 saturated carbocycles. The summed E-state index contributed by atoms with van der Waals surface area (Å²) in [7, 11) is 0. The van der Waals surface area contributed by atoms with E-state index in [-0.39, 0.29) is 0 Å². The molecule has 0 radical (unpaired) electrons. The first-order valence-electron chi connectivity index (χ1n) is 8.23. The zero-order valence-electron chi connectivity index (χ0n) is 13.1. The first-order chi connectivity index (χ1) is 10.3. The van der Waals surface area contributed by atoms with Crippen molar-refractivity contribution in [2.45, 2.75) is 65.1 Å². The molecule has 1 aromatic rings. The summed E-state index contributed by atoms with van der Waals surface area (Å²) in [5.74, 6) is 3.79. The minimum absolute atomic E-state index is 0.582. The summed E-state index contributed by atoms with van der Waals surface area (Å²) in [6.07, 6.45) is 6.03. The van der Waals surface area contributed by atoms with E-state index in [9.17, 15) is 0 Å². The molecule has 21 heavy (non-hydrogen) atoms. The molecular formula is C15H26N6. The number of hydrogen-bond acceptors (Lipinski definition) is 3. The van der Waals surface area contributed by atoms with Crippen molar-refractivity contribution in [1.82, 2.24) is 25.4 Å². The van der Waals surface area contributed by atoms with Crippen LogP contribution in [0.4, 0.5) is 0 Å². The monoisotopic (exact) mass is 290 g/mol. The van der Waals surface area contributed by atoms with E-state index < -0.39 is 0 Å². The molecule has 3 rings (SSSR count). The second kappa shape index (κ2) is 6.45. The third-order valence-electron chi connectivity index (χ3n) is 4.34. The van der Waals surface area contributed by atoms with Crippen molar-refractivity contribution in [2.75, 3.05) is 6.54 Å². The molecule has 2 N–H and O–H groups in total. The van der Waals surface area contributed by atoms with E-state index in [0.29, 0.717) is 12.6 Å². The quantitative estimate of drug-likeness (QED) is 0.651. The van der Waals surface area contributed by atoms with Crippen LogP contribution >= 0.6 is 0 Å². The van der Waals surface area contributed by atoms with Gasteiger partial charge in [0.1, 0.15) is 12.4 Å². The van der Waals surface area contributed by atoms with Gasteiger partial charge in [-0.1, -0.05) is 13.3 Å². The van der Waals surface area contributed by atoms with Crippen LogP contribution in [0.3, 0.4) is 0 Å². The third-order valence-corrected chi connectivity index (χ3v) is 4.34. The lowest BCUT2D eigenvalue weighted by atomic mass is 10.2. The standard InChI is InChI=1S/C15H26N6/c1-3-16-15(18-12-9-11(12)2)17-10-14-20-19-13-7-5-4-6-8-21(13)14/h11-12H,3-10H2,1-2H3,(H2,16,17,18). The molecule has 2 aliphatic rings. The van der Waals surface area contributed by atoms with E-state index in [1.807, 2.05) is 0 Å². The van der Waals surface area contributed by atoms with Crippen molar-refractivity contribution in [2.24, 2.45) is 10.9 Å². The fourth-order valence-corrected chi connectivity index (χ4v) is 2.83. The van der Waals surface area contributed by atoms with Crippen molar-refractivity contribution < 1.29 is 0 Å². The maximum Gasteiger partial charge on any atom is 0.191 e. The molecule has 6 nitrogen and oxygen atoms in total. The first-order valence-corrected chi connectivity index (χ1v) is 8.23. The highest BCUT2D eigenvalue weighted by molar-refractivity contribution is 5.80. The topological polar surface area (TPSA) is 67.1 Å². The van der Waals surface area contributed by atoms with Gasteiger partial charge in [-0.3, -0.25) is 0 Å². The van der Waals surface area contributed by atoms with Crippen LogP contribution in [0.25, 0.3) is 0 Å². The molecule has 1 fully saturated rings. The number of fused-ring (bicyclic) bond motifs is 1. The zero-order chi connectivity index (χ0) is 14.7. The summed E-state index contributed by atoms with van der Waals surface area (Å²) in [5, 5.41) is 15.4. The normalized spacial score (nSPS) is 25.1. The van der Waals surface area contributed by atoms with Crippen LogP contribution in [0.15, 0.2) is 4.99 Å². The van der Waals surface area contributed by atoms with Crippen LogP contribution < -0.4 is 10.6 Å². The van der Waals surface area contributed by atoms with Gasteiger partial charge in [-0.05, 0) is 32.1 Å². The summed E-state index contributed by atoms with van der Waals surface area (Å²) in [6.45, 7) is 6.88. The SMILES string of the molecule is CCNC(=NCc1nnc2n1CCCCC2)NC1CC1C. The Kier molecular flexibility index (Phi) is 4.41. The zero-order valence-corrected chi connectivity index (χ0v) is 13.1. The molecule has 1 aliphatic carbocycles. The molecule has 2 heterocycles. The lowest BCUT2D eigenvalue weighted by Gasteiger charge is -2.11. The maximum absolute atomic E-state index is 4.68. The second-order valence-corrected chi connectivity index (χ2v) is 6.15. The Balaban J connectivity index is 1.66. The smallest absolute Gasteiger partial charge is 0.191 e. The molecule has 0 saturated heterocycles. The van der Waals surface area contributed by atoms with E-state index in [1.54, 1.807) is 0 Å². The van der Waals surface area contributed by atoms with Crippen LogP contribution in [0.5, 0.6) is 0 Å². The highest BCUT2D eigenvalue weighted by atomic mass is 15.3. The number of rotatable bonds is 4. The molecule has 2 atom stereocenters. The Morgan fingerprint density at radius 3 is 2.95 bits per heavy atom. The van der Waals surface area contributed by atoms with Crippen LogP contribution in [-0.4, -0.2) is 33.3 Å². The van der Waals surface area contributed by atoms with E-state index in [4.69, 9.17) is 0 Å². The Bertz CT molecular complexity index is 506. The summed E-state index contributed by atoms with van der Waals surface area (Å²) >= 11 is 0. The van der Waals surface area contributed by atoms with Gasteiger partial charge in [-0.2, -0.15) is 0 Å². The van der Waals surface area contributed by atoms with Crippen molar-refractivity contribution in [1.29, 1.82) is 0 Å². The van der Waals surface area contributed by atoms with Gasteiger partial charge in [-0.15, -0.1) is 10.2 Å². The Morgan fingerprint density at radius 2 is 2.19 bits per heavy atom. The molecule has 1 aromatic heterocycles. The van der Waals surface area contributed by atoms with Gasteiger partial charge in [0.2, 0.25) is 0 Å². The molecular weight excluding hydrogens is 264 g/mol. The van der Waals surface area contributed by atoms with Crippen molar-refractivity contribution >= 4 is 5.96 Å². The number of nitrogens with zero attached hydrogens (tertiary/aromatic N) is 4. The van der Waals surface area contributed by atoms with Gasteiger partial charge < -0.3 is 15.2 Å². The minimum atomic E-state index is 0.582. The largest absolute Gasteiger partial charge is 0.357 e. The second-order valence-electron chi connectivity index (χ2n) is 6.15. The number of aliphatic imine (C=N–C) groups is 1. The molecule has 0 spiro atoms. The lowest BCUT2D eigenvalue weighted by Crippen LogP contribution is -2.39. The first kappa shape index (κ1) is 14.4. The van der Waals surface area contributed by atoms with Gasteiger partial charge >= 0.3 is 0 Å². The molecule has 1 aliphatic heterocycles. The Labute approximate surface area is 126 Å². The van der Waals surface area contributed by atoms with Crippen molar-refractivity contribution in [3.8, 4) is 0 Å². The number of nitrogens with one attached hydrogen (secondary N) is 2. The fraction of sp³-hybridized carbons (Fsp3) is 0.800. The number of hydrogen-bond donors (Lipinski definition) is 2. The van der Waals surface area contributed by atoms with Gasteiger partial charge in [0.15, 0.2) is 11.8 Å². The summed E-state index contributed by atoms with van der Waals surface area (Å²) in [6, 6.07) is 0.582.